The smallest absolute Gasteiger partial charge is 0.255 e. The van der Waals surface area contributed by atoms with Crippen molar-refractivity contribution in [3.05, 3.63) is 33.7 Å². The SMILES string of the molecule is CNC1(CCN(C)C)C=C(OC)C(N)=CC1[N+](=O)[O-]. The maximum Gasteiger partial charge on any atom is 0.255 e. The molecule has 0 aliphatic heterocycles. The molecule has 19 heavy (non-hydrogen) atoms. The van der Waals surface area contributed by atoms with Gasteiger partial charge in [-0.25, -0.2) is 0 Å². The van der Waals surface area contributed by atoms with Gasteiger partial charge in [0.05, 0.1) is 12.8 Å². The van der Waals surface area contributed by atoms with Gasteiger partial charge in [-0.1, -0.05) is 0 Å². The van der Waals surface area contributed by atoms with Gasteiger partial charge in [-0.2, -0.15) is 0 Å². The Kier molecular flexibility index (Phi) is 4.90. The second-order valence-corrected chi connectivity index (χ2v) is 4.91. The van der Waals surface area contributed by atoms with Crippen LogP contribution in [0.3, 0.4) is 0 Å². The molecule has 3 N–H and O–H groups in total. The first-order chi connectivity index (χ1) is 8.86. The highest BCUT2D eigenvalue weighted by Crippen LogP contribution is 2.29. The number of methoxy groups -OCH3 is 1. The van der Waals surface area contributed by atoms with Crippen molar-refractivity contribution in [2.24, 2.45) is 5.73 Å². The Hall–Kier alpha value is -1.60. The van der Waals surface area contributed by atoms with E-state index in [2.05, 4.69) is 5.32 Å². The Bertz CT molecular complexity index is 406. The zero-order valence-corrected chi connectivity index (χ0v) is 11.8. The van der Waals surface area contributed by atoms with Gasteiger partial charge in [0.2, 0.25) is 0 Å². The Balaban J connectivity index is 3.14. The third-order valence-corrected chi connectivity index (χ3v) is 3.42. The molecule has 0 fully saturated rings. The van der Waals surface area contributed by atoms with Gasteiger partial charge in [-0.15, -0.1) is 0 Å². The average Bonchev–Trinajstić information content (AvgIpc) is 2.37. The lowest BCUT2D eigenvalue weighted by Crippen LogP contribution is -2.57. The van der Waals surface area contributed by atoms with Crippen LogP contribution in [0.2, 0.25) is 0 Å². The third-order valence-electron chi connectivity index (χ3n) is 3.42. The van der Waals surface area contributed by atoms with Crippen molar-refractivity contribution in [1.29, 1.82) is 0 Å². The van der Waals surface area contributed by atoms with Gasteiger partial charge >= 0.3 is 0 Å². The van der Waals surface area contributed by atoms with E-state index in [-0.39, 0.29) is 4.92 Å². The molecule has 2 atom stereocenters. The van der Waals surface area contributed by atoms with E-state index >= 15 is 0 Å². The molecule has 0 saturated heterocycles. The minimum Gasteiger partial charge on any atom is -0.495 e. The Morgan fingerprint density at radius 2 is 2.26 bits per heavy atom. The number of likely N-dealkylation sites (N-methyl/N-ethyl adjacent to an activating group) is 1. The topological polar surface area (TPSA) is 93.7 Å². The summed E-state index contributed by atoms with van der Waals surface area (Å²) >= 11 is 0. The summed E-state index contributed by atoms with van der Waals surface area (Å²) in [5, 5.41) is 14.4. The highest BCUT2D eigenvalue weighted by Gasteiger charge is 2.46. The molecule has 108 valence electrons. The van der Waals surface area contributed by atoms with E-state index in [0.717, 1.165) is 0 Å². The second-order valence-electron chi connectivity index (χ2n) is 4.91. The van der Waals surface area contributed by atoms with Gasteiger partial charge in [0.1, 0.15) is 11.3 Å². The molecule has 0 heterocycles. The van der Waals surface area contributed by atoms with E-state index in [1.165, 1.54) is 13.2 Å². The Labute approximate surface area is 113 Å². The summed E-state index contributed by atoms with van der Waals surface area (Å²) in [6, 6.07) is -0.906. The highest BCUT2D eigenvalue weighted by atomic mass is 16.6. The van der Waals surface area contributed by atoms with Crippen LogP contribution in [0.4, 0.5) is 0 Å². The fourth-order valence-electron chi connectivity index (χ4n) is 2.20. The van der Waals surface area contributed by atoms with Gasteiger partial charge in [0.25, 0.3) is 6.04 Å². The van der Waals surface area contributed by atoms with Gasteiger partial charge in [-0.05, 0) is 40.2 Å². The summed E-state index contributed by atoms with van der Waals surface area (Å²) in [6.45, 7) is 0.715. The van der Waals surface area contributed by atoms with Gasteiger partial charge < -0.3 is 20.7 Å². The molecule has 2 unspecified atom stereocenters. The molecule has 1 rings (SSSR count). The molecular weight excluding hydrogens is 248 g/mol. The lowest BCUT2D eigenvalue weighted by Gasteiger charge is -2.35. The molecule has 0 spiro atoms. The van der Waals surface area contributed by atoms with Crippen molar-refractivity contribution in [2.75, 3.05) is 34.8 Å². The number of hydrogen-bond donors (Lipinski definition) is 2. The molecular formula is C12H22N4O3. The lowest BCUT2D eigenvalue weighted by molar-refractivity contribution is -0.519. The number of nitro groups is 1. The number of nitrogens with two attached hydrogens (primary N) is 1. The van der Waals surface area contributed by atoms with Crippen LogP contribution in [0.25, 0.3) is 0 Å². The number of rotatable bonds is 6. The van der Waals surface area contributed by atoms with Gasteiger partial charge in [0.15, 0.2) is 0 Å². The summed E-state index contributed by atoms with van der Waals surface area (Å²) in [5.41, 5.74) is 5.29. The van der Waals surface area contributed by atoms with Crippen LogP contribution in [-0.4, -0.2) is 56.2 Å². The number of ether oxygens (including phenoxy) is 1. The predicted molar refractivity (Wildman–Crippen MR) is 73.1 cm³/mol. The Morgan fingerprint density at radius 1 is 1.63 bits per heavy atom. The van der Waals surface area contributed by atoms with E-state index in [4.69, 9.17) is 10.5 Å². The summed E-state index contributed by atoms with van der Waals surface area (Å²) in [7, 11) is 7.08. The zero-order valence-electron chi connectivity index (χ0n) is 11.8. The molecule has 1 aliphatic rings. The number of hydrogen-bond acceptors (Lipinski definition) is 6. The largest absolute Gasteiger partial charge is 0.495 e. The molecule has 0 bridgehead atoms. The molecule has 0 amide bonds. The number of nitrogens with one attached hydrogen (secondary N) is 1. The van der Waals surface area contributed by atoms with E-state index in [1.807, 2.05) is 19.0 Å². The van der Waals surface area contributed by atoms with E-state index < -0.39 is 11.6 Å². The monoisotopic (exact) mass is 270 g/mol. The second kappa shape index (κ2) is 6.03. The first kappa shape index (κ1) is 15.5. The first-order valence-corrected chi connectivity index (χ1v) is 6.08. The van der Waals surface area contributed by atoms with Crippen molar-refractivity contribution in [3.63, 3.8) is 0 Å². The molecule has 0 aromatic rings. The maximum absolute atomic E-state index is 11.3. The standard InChI is InChI=1S/C12H22N4O3/c1-14-12(5-6-15(2)3)8-10(19-4)9(13)7-11(12)16(17)18/h7-8,11,14H,5-6,13H2,1-4H3. The van der Waals surface area contributed by atoms with Gasteiger partial charge in [0, 0.05) is 11.0 Å². The molecule has 7 nitrogen and oxygen atoms in total. The molecule has 0 radical (unpaired) electrons. The van der Waals surface area contributed by atoms with Gasteiger partial charge in [-0.3, -0.25) is 10.1 Å². The predicted octanol–water partition coefficient (Wildman–Crippen LogP) is -0.0719. The Morgan fingerprint density at radius 3 is 2.68 bits per heavy atom. The van der Waals surface area contributed by atoms with Crippen LogP contribution < -0.4 is 11.1 Å². The normalized spacial score (nSPS) is 26.9. The minimum absolute atomic E-state index is 0.305. The fraction of sp³-hybridized carbons (Fsp3) is 0.667. The lowest BCUT2D eigenvalue weighted by atomic mass is 9.82. The van der Waals surface area contributed by atoms with Crippen LogP contribution in [0.1, 0.15) is 6.42 Å². The van der Waals surface area contributed by atoms with Crippen LogP contribution >= 0.6 is 0 Å². The van der Waals surface area contributed by atoms with Crippen molar-refractivity contribution in [2.45, 2.75) is 18.0 Å². The summed E-state index contributed by atoms with van der Waals surface area (Å²) in [4.78, 5) is 13.0. The number of nitrogens with zero attached hydrogens (tertiary/aromatic N) is 2. The zero-order chi connectivity index (χ0) is 14.6. The van der Waals surface area contributed by atoms with E-state index in [1.54, 1.807) is 13.1 Å². The summed E-state index contributed by atoms with van der Waals surface area (Å²) in [5.74, 6) is 0.478. The quantitative estimate of drug-likeness (QED) is 0.518. The van der Waals surface area contributed by atoms with E-state index in [9.17, 15) is 10.1 Å². The third kappa shape index (κ3) is 3.24. The minimum atomic E-state index is -0.906. The highest BCUT2D eigenvalue weighted by molar-refractivity contribution is 5.36. The van der Waals surface area contributed by atoms with Crippen LogP contribution in [0, 0.1) is 10.1 Å². The van der Waals surface area contributed by atoms with Crippen molar-refractivity contribution in [1.82, 2.24) is 10.2 Å². The van der Waals surface area contributed by atoms with Crippen molar-refractivity contribution >= 4 is 0 Å². The maximum atomic E-state index is 11.3. The van der Waals surface area contributed by atoms with Crippen molar-refractivity contribution < 1.29 is 9.66 Å². The van der Waals surface area contributed by atoms with Crippen LogP contribution in [0.5, 0.6) is 0 Å². The summed E-state index contributed by atoms with van der Waals surface area (Å²) in [6.07, 6.45) is 3.75. The molecule has 1 aliphatic carbocycles. The van der Waals surface area contributed by atoms with Crippen LogP contribution in [0.15, 0.2) is 23.6 Å². The van der Waals surface area contributed by atoms with Crippen LogP contribution in [-0.2, 0) is 4.74 Å². The molecule has 0 aromatic heterocycles. The molecule has 0 saturated carbocycles. The average molecular weight is 270 g/mol. The first-order valence-electron chi connectivity index (χ1n) is 6.08. The van der Waals surface area contributed by atoms with E-state index in [0.29, 0.717) is 24.4 Å². The molecule has 0 aromatic carbocycles. The fourth-order valence-corrected chi connectivity index (χ4v) is 2.20. The molecule has 7 heteroatoms. The summed E-state index contributed by atoms with van der Waals surface area (Å²) < 4.78 is 5.19. The van der Waals surface area contributed by atoms with Crippen molar-refractivity contribution in [3.8, 4) is 0 Å².